The molecule has 2 nitrogen and oxygen atoms in total. The number of ether oxygens (including phenoxy) is 1. The Labute approximate surface area is 134 Å². The van der Waals surface area contributed by atoms with Gasteiger partial charge < -0.3 is 4.74 Å². The molecule has 0 heterocycles. The number of esters is 1. The predicted octanol–water partition coefficient (Wildman–Crippen LogP) is 5.14. The van der Waals surface area contributed by atoms with Gasteiger partial charge in [-0.3, -0.25) is 0 Å². The highest BCUT2D eigenvalue weighted by Crippen LogP contribution is 2.35. The van der Waals surface area contributed by atoms with Crippen LogP contribution in [0, 0.1) is 27.7 Å². The lowest BCUT2D eigenvalue weighted by Gasteiger charge is -2.15. The predicted molar refractivity (Wildman–Crippen MR) is 89.9 cm³/mol. The molecule has 0 unspecified atom stereocenters. The molecule has 110 valence electrons. The summed E-state index contributed by atoms with van der Waals surface area (Å²) in [6.45, 7) is 8.25. The highest BCUT2D eigenvalue weighted by atomic mass is 79.9. The smallest absolute Gasteiger partial charge is 0.338 e. The first kappa shape index (κ1) is 15.8. The van der Waals surface area contributed by atoms with Gasteiger partial charge >= 0.3 is 5.97 Å². The number of methoxy groups -OCH3 is 1. The summed E-state index contributed by atoms with van der Waals surface area (Å²) in [4.78, 5) is 12.1. The number of halogens is 1. The van der Waals surface area contributed by atoms with E-state index >= 15 is 0 Å². The summed E-state index contributed by atoms with van der Waals surface area (Å²) in [6, 6.07) is 8.12. The summed E-state index contributed by atoms with van der Waals surface area (Å²) in [5.74, 6) is -0.315. The first-order chi connectivity index (χ1) is 9.85. The van der Waals surface area contributed by atoms with Gasteiger partial charge in [0.05, 0.1) is 12.7 Å². The fourth-order valence-corrected chi connectivity index (χ4v) is 3.29. The molecule has 0 spiro atoms. The first-order valence-corrected chi connectivity index (χ1v) is 7.61. The molecule has 0 aliphatic heterocycles. The van der Waals surface area contributed by atoms with Gasteiger partial charge in [-0.25, -0.2) is 4.79 Å². The van der Waals surface area contributed by atoms with E-state index in [0.29, 0.717) is 5.56 Å². The van der Waals surface area contributed by atoms with Crippen LogP contribution in [0.25, 0.3) is 11.1 Å². The standard InChI is InChI=1S/C18H19BrO2/c1-10-6-15(18(20)21-5)17(16(19)7-10)14-8-11(2)13(4)12(3)9-14/h6-9H,1-5H3. The monoisotopic (exact) mass is 346 g/mol. The Morgan fingerprint density at radius 3 is 2.10 bits per heavy atom. The highest BCUT2D eigenvalue weighted by Gasteiger charge is 2.18. The van der Waals surface area contributed by atoms with Crippen LogP contribution < -0.4 is 0 Å². The van der Waals surface area contributed by atoms with E-state index in [1.807, 2.05) is 19.1 Å². The molecular weight excluding hydrogens is 328 g/mol. The number of hydrogen-bond donors (Lipinski definition) is 0. The average Bonchev–Trinajstić information content (AvgIpc) is 2.42. The fraction of sp³-hybridized carbons (Fsp3) is 0.278. The third-order valence-electron chi connectivity index (χ3n) is 3.86. The Kier molecular flexibility index (Phi) is 4.52. The maximum absolute atomic E-state index is 12.1. The molecule has 0 saturated carbocycles. The molecule has 21 heavy (non-hydrogen) atoms. The van der Waals surface area contributed by atoms with Gasteiger partial charge in [0.25, 0.3) is 0 Å². The van der Waals surface area contributed by atoms with Gasteiger partial charge in [-0.15, -0.1) is 0 Å². The van der Waals surface area contributed by atoms with E-state index < -0.39 is 0 Å². The van der Waals surface area contributed by atoms with Crippen LogP contribution in [0.1, 0.15) is 32.6 Å². The maximum Gasteiger partial charge on any atom is 0.338 e. The zero-order valence-corrected chi connectivity index (χ0v) is 14.6. The second-order valence-corrected chi connectivity index (χ2v) is 6.25. The number of aryl methyl sites for hydroxylation is 3. The van der Waals surface area contributed by atoms with Crippen molar-refractivity contribution >= 4 is 21.9 Å². The van der Waals surface area contributed by atoms with E-state index in [0.717, 1.165) is 21.2 Å². The minimum Gasteiger partial charge on any atom is -0.465 e. The van der Waals surface area contributed by atoms with Crippen LogP contribution in [-0.4, -0.2) is 13.1 Å². The summed E-state index contributed by atoms with van der Waals surface area (Å²) < 4.78 is 5.84. The van der Waals surface area contributed by atoms with E-state index in [1.54, 1.807) is 0 Å². The Bertz CT molecular complexity index is 694. The molecule has 3 heteroatoms. The summed E-state index contributed by atoms with van der Waals surface area (Å²) in [7, 11) is 1.41. The van der Waals surface area contributed by atoms with Gasteiger partial charge in [0.2, 0.25) is 0 Å². The van der Waals surface area contributed by atoms with Crippen molar-refractivity contribution in [2.45, 2.75) is 27.7 Å². The zero-order valence-electron chi connectivity index (χ0n) is 13.0. The van der Waals surface area contributed by atoms with Crippen molar-refractivity contribution in [3.8, 4) is 11.1 Å². The molecule has 2 rings (SSSR count). The molecule has 0 fully saturated rings. The van der Waals surface area contributed by atoms with E-state index in [4.69, 9.17) is 4.74 Å². The van der Waals surface area contributed by atoms with E-state index in [2.05, 4.69) is 48.8 Å². The molecule has 2 aromatic rings. The maximum atomic E-state index is 12.1. The van der Waals surface area contributed by atoms with Gasteiger partial charge in [0, 0.05) is 10.0 Å². The van der Waals surface area contributed by atoms with Gasteiger partial charge in [-0.1, -0.05) is 28.1 Å². The Morgan fingerprint density at radius 1 is 1.00 bits per heavy atom. The molecule has 0 aliphatic rings. The quantitative estimate of drug-likeness (QED) is 0.704. The Hall–Kier alpha value is -1.61. The highest BCUT2D eigenvalue weighted by molar-refractivity contribution is 9.10. The van der Waals surface area contributed by atoms with Crippen molar-refractivity contribution < 1.29 is 9.53 Å². The molecule has 0 amide bonds. The molecule has 0 aliphatic carbocycles. The van der Waals surface area contributed by atoms with Crippen LogP contribution in [-0.2, 0) is 4.74 Å². The summed E-state index contributed by atoms with van der Waals surface area (Å²) in [5.41, 5.74) is 7.24. The van der Waals surface area contributed by atoms with Gasteiger partial charge in [-0.05, 0) is 67.6 Å². The van der Waals surface area contributed by atoms with Crippen molar-refractivity contribution in [1.29, 1.82) is 0 Å². The molecule has 0 bridgehead atoms. The Balaban J connectivity index is 2.77. The average molecular weight is 347 g/mol. The van der Waals surface area contributed by atoms with Crippen LogP contribution in [0.15, 0.2) is 28.7 Å². The number of benzene rings is 2. The van der Waals surface area contributed by atoms with Crippen molar-refractivity contribution in [3.05, 3.63) is 56.6 Å². The molecule has 0 atom stereocenters. The fourth-order valence-electron chi connectivity index (χ4n) is 2.49. The zero-order chi connectivity index (χ0) is 15.7. The molecule has 0 aromatic heterocycles. The second-order valence-electron chi connectivity index (χ2n) is 5.40. The number of carbonyl (C=O) groups excluding carboxylic acids is 1. The minimum absolute atomic E-state index is 0.315. The summed E-state index contributed by atoms with van der Waals surface area (Å²) in [5, 5.41) is 0. The lowest BCUT2D eigenvalue weighted by Crippen LogP contribution is -2.05. The normalized spacial score (nSPS) is 10.6. The topological polar surface area (TPSA) is 26.3 Å². The second kappa shape index (κ2) is 6.02. The van der Waals surface area contributed by atoms with Gasteiger partial charge in [-0.2, -0.15) is 0 Å². The number of hydrogen-bond acceptors (Lipinski definition) is 2. The molecule has 0 radical (unpaired) electrons. The number of carbonyl (C=O) groups is 1. The Morgan fingerprint density at radius 2 is 1.57 bits per heavy atom. The largest absolute Gasteiger partial charge is 0.465 e. The van der Waals surface area contributed by atoms with E-state index in [9.17, 15) is 4.79 Å². The minimum atomic E-state index is -0.315. The molecular formula is C18H19BrO2. The van der Waals surface area contributed by atoms with Crippen LogP contribution in [0.4, 0.5) is 0 Å². The van der Waals surface area contributed by atoms with E-state index in [-0.39, 0.29) is 5.97 Å². The van der Waals surface area contributed by atoms with Crippen LogP contribution in [0.3, 0.4) is 0 Å². The lowest BCUT2D eigenvalue weighted by molar-refractivity contribution is 0.0601. The molecule has 0 saturated heterocycles. The third kappa shape index (κ3) is 3.03. The van der Waals surface area contributed by atoms with Gasteiger partial charge in [0.1, 0.15) is 0 Å². The van der Waals surface area contributed by atoms with Crippen LogP contribution >= 0.6 is 15.9 Å². The molecule has 2 aromatic carbocycles. The van der Waals surface area contributed by atoms with Crippen LogP contribution in [0.2, 0.25) is 0 Å². The van der Waals surface area contributed by atoms with Crippen molar-refractivity contribution in [1.82, 2.24) is 0 Å². The third-order valence-corrected chi connectivity index (χ3v) is 4.48. The first-order valence-electron chi connectivity index (χ1n) is 6.81. The van der Waals surface area contributed by atoms with Crippen molar-refractivity contribution in [3.63, 3.8) is 0 Å². The summed E-state index contributed by atoms with van der Waals surface area (Å²) in [6.07, 6.45) is 0. The van der Waals surface area contributed by atoms with E-state index in [1.165, 1.54) is 23.8 Å². The number of rotatable bonds is 2. The van der Waals surface area contributed by atoms with Crippen LogP contribution in [0.5, 0.6) is 0 Å². The van der Waals surface area contributed by atoms with Gasteiger partial charge in [0.15, 0.2) is 0 Å². The lowest BCUT2D eigenvalue weighted by atomic mass is 9.93. The molecule has 0 N–H and O–H groups in total. The van der Waals surface area contributed by atoms with Crippen molar-refractivity contribution in [2.24, 2.45) is 0 Å². The SMILES string of the molecule is COC(=O)c1cc(C)cc(Br)c1-c1cc(C)c(C)c(C)c1. The van der Waals surface area contributed by atoms with Crippen molar-refractivity contribution in [2.75, 3.05) is 7.11 Å². The summed E-state index contributed by atoms with van der Waals surface area (Å²) >= 11 is 3.59.